The highest BCUT2D eigenvalue weighted by atomic mass is 35.5. The highest BCUT2D eigenvalue weighted by Crippen LogP contribution is 2.34. The van der Waals surface area contributed by atoms with E-state index in [0.717, 1.165) is 11.1 Å². The second kappa shape index (κ2) is 7.82. The Labute approximate surface area is 176 Å². The number of halogens is 2. The number of rotatable bonds is 5. The molecule has 7 nitrogen and oxygen atoms in total. The van der Waals surface area contributed by atoms with Crippen LogP contribution < -0.4 is 4.72 Å². The van der Waals surface area contributed by atoms with Gasteiger partial charge in [-0.3, -0.25) is 4.72 Å². The van der Waals surface area contributed by atoms with Gasteiger partial charge in [-0.1, -0.05) is 59.6 Å². The molecule has 1 heterocycles. The SMILES string of the molecule is O=S(=O)(Nc1cccc(-c2nnn[nH]2)c1)c1ccc(-c2cccc(Cl)c2Cl)cc1. The van der Waals surface area contributed by atoms with E-state index in [1.54, 1.807) is 48.5 Å². The lowest BCUT2D eigenvalue weighted by atomic mass is 10.1. The first-order chi connectivity index (χ1) is 13.9. The number of tetrazole rings is 1. The van der Waals surface area contributed by atoms with Gasteiger partial charge in [0.1, 0.15) is 0 Å². The molecule has 0 fully saturated rings. The fourth-order valence-corrected chi connectivity index (χ4v) is 4.23. The van der Waals surface area contributed by atoms with Crippen LogP contribution >= 0.6 is 23.2 Å². The van der Waals surface area contributed by atoms with Crippen molar-refractivity contribution in [1.82, 2.24) is 20.6 Å². The van der Waals surface area contributed by atoms with E-state index >= 15 is 0 Å². The molecular weight excluding hydrogens is 433 g/mol. The van der Waals surface area contributed by atoms with Crippen molar-refractivity contribution in [3.8, 4) is 22.5 Å². The molecule has 29 heavy (non-hydrogen) atoms. The number of nitrogens with zero attached hydrogens (tertiary/aromatic N) is 3. The van der Waals surface area contributed by atoms with Crippen LogP contribution in [0.3, 0.4) is 0 Å². The number of benzene rings is 3. The normalized spacial score (nSPS) is 11.4. The molecule has 0 aliphatic carbocycles. The summed E-state index contributed by atoms with van der Waals surface area (Å²) in [6.45, 7) is 0. The molecule has 4 rings (SSSR count). The molecule has 0 atom stereocenters. The van der Waals surface area contributed by atoms with Crippen molar-refractivity contribution in [1.29, 1.82) is 0 Å². The zero-order valence-electron chi connectivity index (χ0n) is 14.7. The van der Waals surface area contributed by atoms with E-state index in [9.17, 15) is 8.42 Å². The number of hydrogen-bond acceptors (Lipinski definition) is 5. The monoisotopic (exact) mass is 445 g/mol. The molecule has 0 spiro atoms. The molecule has 10 heteroatoms. The van der Waals surface area contributed by atoms with Gasteiger partial charge < -0.3 is 0 Å². The lowest BCUT2D eigenvalue weighted by Gasteiger charge is -2.10. The van der Waals surface area contributed by atoms with Crippen LogP contribution in [0.4, 0.5) is 5.69 Å². The third kappa shape index (κ3) is 4.09. The van der Waals surface area contributed by atoms with E-state index in [2.05, 4.69) is 25.3 Å². The van der Waals surface area contributed by atoms with Gasteiger partial charge in [0.2, 0.25) is 0 Å². The molecular formula is C19H13Cl2N5O2S. The van der Waals surface area contributed by atoms with Crippen molar-refractivity contribution >= 4 is 38.9 Å². The Bertz CT molecular complexity index is 1260. The third-order valence-corrected chi connectivity index (χ3v) is 6.38. The Kier molecular flexibility index (Phi) is 5.23. The minimum absolute atomic E-state index is 0.117. The molecule has 0 saturated heterocycles. The zero-order chi connectivity index (χ0) is 20.4. The van der Waals surface area contributed by atoms with E-state index < -0.39 is 10.0 Å². The lowest BCUT2D eigenvalue weighted by Crippen LogP contribution is -2.12. The number of sulfonamides is 1. The van der Waals surface area contributed by atoms with E-state index in [0.29, 0.717) is 27.1 Å². The fourth-order valence-electron chi connectivity index (χ4n) is 2.77. The van der Waals surface area contributed by atoms with Gasteiger partial charge in [-0.2, -0.15) is 0 Å². The highest BCUT2D eigenvalue weighted by Gasteiger charge is 2.16. The molecule has 0 amide bonds. The van der Waals surface area contributed by atoms with Gasteiger partial charge in [-0.15, -0.1) is 5.10 Å². The fraction of sp³-hybridized carbons (Fsp3) is 0. The van der Waals surface area contributed by atoms with Crippen LogP contribution in [0.2, 0.25) is 10.0 Å². The van der Waals surface area contributed by atoms with Crippen LogP contribution in [-0.4, -0.2) is 29.0 Å². The quantitative estimate of drug-likeness (QED) is 0.465. The summed E-state index contributed by atoms with van der Waals surface area (Å²) in [5, 5.41) is 14.3. The smallest absolute Gasteiger partial charge is 0.261 e. The van der Waals surface area contributed by atoms with Crippen LogP contribution in [0.5, 0.6) is 0 Å². The molecule has 2 N–H and O–H groups in total. The average molecular weight is 446 g/mol. The second-order valence-electron chi connectivity index (χ2n) is 6.06. The van der Waals surface area contributed by atoms with Crippen LogP contribution in [0.15, 0.2) is 71.6 Å². The Morgan fingerprint density at radius 1 is 0.897 bits per heavy atom. The number of aromatic nitrogens is 4. The molecule has 1 aromatic heterocycles. The molecule has 0 radical (unpaired) electrons. The number of H-pyrrole nitrogens is 1. The molecule has 0 saturated carbocycles. The Morgan fingerprint density at radius 3 is 2.38 bits per heavy atom. The summed E-state index contributed by atoms with van der Waals surface area (Å²) in [4.78, 5) is 0.117. The molecule has 3 aromatic carbocycles. The largest absolute Gasteiger partial charge is 0.280 e. The van der Waals surface area contributed by atoms with Crippen molar-refractivity contribution in [3.05, 3.63) is 76.8 Å². The summed E-state index contributed by atoms with van der Waals surface area (Å²) in [6.07, 6.45) is 0. The van der Waals surface area contributed by atoms with E-state index in [1.165, 1.54) is 12.1 Å². The van der Waals surface area contributed by atoms with Crippen LogP contribution in [0.25, 0.3) is 22.5 Å². The molecule has 4 aromatic rings. The topological polar surface area (TPSA) is 101 Å². The highest BCUT2D eigenvalue weighted by molar-refractivity contribution is 7.92. The van der Waals surface area contributed by atoms with E-state index in [4.69, 9.17) is 23.2 Å². The minimum Gasteiger partial charge on any atom is -0.280 e. The summed E-state index contributed by atoms with van der Waals surface area (Å²) < 4.78 is 28.1. The van der Waals surface area contributed by atoms with Crippen molar-refractivity contribution in [2.75, 3.05) is 4.72 Å². The summed E-state index contributed by atoms with van der Waals surface area (Å²) in [6, 6.07) is 18.4. The van der Waals surface area contributed by atoms with Gasteiger partial charge in [-0.25, -0.2) is 13.5 Å². The van der Waals surface area contributed by atoms with Crippen molar-refractivity contribution < 1.29 is 8.42 Å². The van der Waals surface area contributed by atoms with Gasteiger partial charge in [-0.05, 0) is 46.3 Å². The van der Waals surface area contributed by atoms with Gasteiger partial charge in [0, 0.05) is 16.8 Å². The third-order valence-electron chi connectivity index (χ3n) is 4.16. The van der Waals surface area contributed by atoms with E-state index in [-0.39, 0.29) is 4.90 Å². The van der Waals surface area contributed by atoms with Crippen molar-refractivity contribution in [2.45, 2.75) is 4.90 Å². The van der Waals surface area contributed by atoms with Crippen LogP contribution in [0.1, 0.15) is 0 Å². The van der Waals surface area contributed by atoms with Crippen molar-refractivity contribution in [2.24, 2.45) is 0 Å². The summed E-state index contributed by atoms with van der Waals surface area (Å²) in [5.41, 5.74) is 2.53. The molecule has 0 bridgehead atoms. The number of hydrogen-bond donors (Lipinski definition) is 2. The van der Waals surface area contributed by atoms with Gasteiger partial charge >= 0.3 is 0 Å². The summed E-state index contributed by atoms with van der Waals surface area (Å²) in [7, 11) is -3.79. The zero-order valence-corrected chi connectivity index (χ0v) is 17.0. The first-order valence-electron chi connectivity index (χ1n) is 8.35. The van der Waals surface area contributed by atoms with Crippen molar-refractivity contribution in [3.63, 3.8) is 0 Å². The van der Waals surface area contributed by atoms with Gasteiger partial charge in [0.15, 0.2) is 5.82 Å². The van der Waals surface area contributed by atoms with E-state index in [1.807, 2.05) is 6.07 Å². The average Bonchev–Trinajstić information content (AvgIpc) is 3.25. The number of nitrogens with one attached hydrogen (secondary N) is 2. The van der Waals surface area contributed by atoms with Crippen LogP contribution in [0, 0.1) is 0 Å². The maximum Gasteiger partial charge on any atom is 0.261 e. The standard InChI is InChI=1S/C19H13Cl2N5O2S/c20-17-6-2-5-16(18(17)21)12-7-9-15(10-8-12)29(27,28)24-14-4-1-3-13(11-14)19-22-25-26-23-19/h1-11,24H,(H,22,23,25,26). The second-order valence-corrected chi connectivity index (χ2v) is 8.53. The molecule has 0 aliphatic heterocycles. The van der Waals surface area contributed by atoms with Crippen LogP contribution in [-0.2, 0) is 10.0 Å². The Hall–Kier alpha value is -2.94. The number of anilines is 1. The Balaban J connectivity index is 1.60. The maximum atomic E-state index is 12.8. The number of aromatic amines is 1. The minimum atomic E-state index is -3.79. The van der Waals surface area contributed by atoms with Gasteiger partial charge in [0.05, 0.1) is 14.9 Å². The first-order valence-corrected chi connectivity index (χ1v) is 10.6. The molecule has 146 valence electrons. The summed E-state index contributed by atoms with van der Waals surface area (Å²) >= 11 is 12.3. The molecule has 0 aliphatic rings. The summed E-state index contributed by atoms with van der Waals surface area (Å²) in [5.74, 6) is 0.439. The first kappa shape index (κ1) is 19.4. The maximum absolute atomic E-state index is 12.8. The predicted molar refractivity (Wildman–Crippen MR) is 112 cm³/mol. The Morgan fingerprint density at radius 2 is 1.66 bits per heavy atom. The van der Waals surface area contributed by atoms with Gasteiger partial charge in [0.25, 0.3) is 10.0 Å². The predicted octanol–water partition coefficient (Wildman–Crippen LogP) is 4.64. The lowest BCUT2D eigenvalue weighted by molar-refractivity contribution is 0.601. The molecule has 0 unspecified atom stereocenters.